The fourth-order valence-corrected chi connectivity index (χ4v) is 4.95. The molecule has 2 N–H and O–H groups in total. The summed E-state index contributed by atoms with van der Waals surface area (Å²) in [6.07, 6.45) is 4.34. The number of unbranched alkanes of at least 4 members (excludes halogenated alkanes) is 1. The summed E-state index contributed by atoms with van der Waals surface area (Å²) in [7, 11) is 0. The van der Waals surface area contributed by atoms with Crippen molar-refractivity contribution < 1.29 is 14.4 Å². The number of rotatable bonds is 6. The zero-order valence-corrected chi connectivity index (χ0v) is 18.6. The lowest BCUT2D eigenvalue weighted by Gasteiger charge is -2.32. The van der Waals surface area contributed by atoms with Gasteiger partial charge in [0.2, 0.25) is 5.91 Å². The molecule has 0 bridgehead atoms. The number of benzene rings is 1. The van der Waals surface area contributed by atoms with E-state index in [1.807, 2.05) is 19.1 Å². The average Bonchev–Trinajstić information content (AvgIpc) is 3.14. The number of hydrogen-bond donors (Lipinski definition) is 2. The summed E-state index contributed by atoms with van der Waals surface area (Å²) in [5, 5.41) is 18.9. The largest absolute Gasteiger partial charge is 0.383 e. The molecule has 1 aliphatic carbocycles. The first-order valence-corrected chi connectivity index (χ1v) is 11.4. The van der Waals surface area contributed by atoms with Crippen molar-refractivity contribution in [3.63, 3.8) is 0 Å². The van der Waals surface area contributed by atoms with Gasteiger partial charge in [0.1, 0.15) is 22.8 Å². The zero-order valence-electron chi connectivity index (χ0n) is 17.9. The molecule has 1 aromatic carbocycles. The van der Waals surface area contributed by atoms with Crippen molar-refractivity contribution in [3.8, 4) is 0 Å². The predicted octanol–water partition coefficient (Wildman–Crippen LogP) is 4.26. The third-order valence-corrected chi connectivity index (χ3v) is 6.59. The number of halogens is 1. The van der Waals surface area contributed by atoms with Crippen LogP contribution in [0.3, 0.4) is 0 Å². The van der Waals surface area contributed by atoms with Crippen molar-refractivity contribution in [2.45, 2.75) is 77.0 Å². The highest BCUT2D eigenvalue weighted by atomic mass is 35.5. The molecule has 8 heteroatoms. The number of nitrogens with one attached hydrogen (secondary N) is 1. The van der Waals surface area contributed by atoms with E-state index in [0.717, 1.165) is 37.6 Å². The maximum Gasteiger partial charge on any atom is 0.264 e. The minimum absolute atomic E-state index is 0.0945. The second kappa shape index (κ2) is 9.01. The van der Waals surface area contributed by atoms with E-state index in [-0.39, 0.29) is 23.6 Å². The van der Waals surface area contributed by atoms with Gasteiger partial charge in [-0.2, -0.15) is 0 Å². The van der Waals surface area contributed by atoms with E-state index in [9.17, 15) is 14.7 Å². The number of nitrogens with zero attached hydrogens (tertiary/aromatic N) is 2. The quantitative estimate of drug-likeness (QED) is 0.591. The lowest BCUT2D eigenvalue weighted by molar-refractivity contribution is -0.130. The van der Waals surface area contributed by atoms with Crippen molar-refractivity contribution in [1.29, 1.82) is 0 Å². The van der Waals surface area contributed by atoms with Crippen LogP contribution in [0.2, 0.25) is 5.02 Å². The minimum Gasteiger partial charge on any atom is -0.383 e. The summed E-state index contributed by atoms with van der Waals surface area (Å²) in [4.78, 5) is 25.9. The number of aromatic nitrogens is 2. The number of hydrogen-bond acceptors (Lipinski definition) is 5. The molecule has 166 valence electrons. The number of aryl methyl sites for hydroxylation is 1. The van der Waals surface area contributed by atoms with E-state index in [2.05, 4.69) is 10.5 Å². The SMILES string of the molecule is CCCCC(O)C(=O)NC1CCCC(n2c(=O)c3c(C)onc3c3c(Cl)cccc32)C1. The molecule has 7 nitrogen and oxygen atoms in total. The zero-order chi connectivity index (χ0) is 22.1. The molecule has 2 aromatic heterocycles. The topological polar surface area (TPSA) is 97.4 Å². The van der Waals surface area contributed by atoms with Crippen LogP contribution >= 0.6 is 11.6 Å². The number of pyridine rings is 1. The van der Waals surface area contributed by atoms with E-state index in [1.165, 1.54) is 0 Å². The van der Waals surface area contributed by atoms with Crippen molar-refractivity contribution in [2.75, 3.05) is 0 Å². The van der Waals surface area contributed by atoms with Gasteiger partial charge >= 0.3 is 0 Å². The molecular formula is C23H28ClN3O4. The van der Waals surface area contributed by atoms with E-state index >= 15 is 0 Å². The molecule has 2 heterocycles. The second-order valence-electron chi connectivity index (χ2n) is 8.46. The third-order valence-electron chi connectivity index (χ3n) is 6.28. The van der Waals surface area contributed by atoms with Crippen LogP contribution in [0.25, 0.3) is 21.8 Å². The smallest absolute Gasteiger partial charge is 0.264 e. The molecule has 0 radical (unpaired) electrons. The van der Waals surface area contributed by atoms with Gasteiger partial charge in [-0.05, 0) is 51.2 Å². The minimum atomic E-state index is -0.987. The van der Waals surface area contributed by atoms with Gasteiger partial charge in [-0.15, -0.1) is 0 Å². The van der Waals surface area contributed by atoms with Crippen molar-refractivity contribution >= 4 is 39.3 Å². The summed E-state index contributed by atoms with van der Waals surface area (Å²) in [5.74, 6) is 0.139. The number of carbonyl (C=O) groups excluding carboxylic acids is 1. The van der Waals surface area contributed by atoms with Crippen LogP contribution in [-0.4, -0.2) is 32.9 Å². The molecule has 3 aromatic rings. The Morgan fingerprint density at radius 2 is 2.19 bits per heavy atom. The highest BCUT2D eigenvalue weighted by molar-refractivity contribution is 6.37. The van der Waals surface area contributed by atoms with Gasteiger partial charge in [0.05, 0.1) is 10.5 Å². The standard InChI is InChI=1S/C23H28ClN3O4/c1-3-4-11-18(28)22(29)25-14-7-5-8-15(12-14)27-17-10-6-9-16(24)20(17)21-19(23(27)30)13(2)31-26-21/h6,9-10,14-15,18,28H,3-5,7-8,11-12H2,1-2H3,(H,25,29). The van der Waals surface area contributed by atoms with Crippen molar-refractivity contribution in [1.82, 2.24) is 15.0 Å². The van der Waals surface area contributed by atoms with E-state index in [1.54, 1.807) is 17.6 Å². The molecule has 1 fully saturated rings. The van der Waals surface area contributed by atoms with Crippen LogP contribution in [-0.2, 0) is 4.79 Å². The van der Waals surface area contributed by atoms with Gasteiger partial charge in [-0.1, -0.05) is 42.6 Å². The molecule has 0 aliphatic heterocycles. The van der Waals surface area contributed by atoms with Crippen LogP contribution < -0.4 is 10.9 Å². The van der Waals surface area contributed by atoms with Crippen LogP contribution in [0.1, 0.15) is 63.7 Å². The summed E-state index contributed by atoms with van der Waals surface area (Å²) in [6, 6.07) is 5.29. The molecule has 31 heavy (non-hydrogen) atoms. The van der Waals surface area contributed by atoms with Crippen LogP contribution in [0.4, 0.5) is 0 Å². The first-order valence-electron chi connectivity index (χ1n) is 11.0. The molecule has 3 atom stereocenters. The normalized spacial score (nSPS) is 20.3. The Bertz CT molecular complexity index is 1170. The first-order chi connectivity index (χ1) is 14.9. The molecule has 0 spiro atoms. The van der Waals surface area contributed by atoms with Crippen LogP contribution in [0.15, 0.2) is 27.5 Å². The van der Waals surface area contributed by atoms with Gasteiger partial charge < -0.3 is 19.5 Å². The second-order valence-corrected chi connectivity index (χ2v) is 8.86. The van der Waals surface area contributed by atoms with Gasteiger partial charge in [-0.25, -0.2) is 0 Å². The van der Waals surface area contributed by atoms with E-state index in [4.69, 9.17) is 16.1 Å². The maximum absolute atomic E-state index is 13.5. The molecule has 1 aliphatic rings. The first kappa shape index (κ1) is 21.8. The van der Waals surface area contributed by atoms with Crippen LogP contribution in [0, 0.1) is 6.92 Å². The number of aliphatic hydroxyl groups is 1. The summed E-state index contributed by atoms with van der Waals surface area (Å²) < 4.78 is 7.12. The Morgan fingerprint density at radius 1 is 1.39 bits per heavy atom. The van der Waals surface area contributed by atoms with Gasteiger partial charge in [0.25, 0.3) is 5.56 Å². The summed E-state index contributed by atoms with van der Waals surface area (Å²) >= 11 is 6.50. The lowest BCUT2D eigenvalue weighted by atomic mass is 9.90. The molecule has 3 unspecified atom stereocenters. The van der Waals surface area contributed by atoms with E-state index in [0.29, 0.717) is 39.9 Å². The van der Waals surface area contributed by atoms with E-state index < -0.39 is 6.10 Å². The highest BCUT2D eigenvalue weighted by Crippen LogP contribution is 2.35. The Labute approximate surface area is 185 Å². The summed E-state index contributed by atoms with van der Waals surface area (Å²) in [6.45, 7) is 3.75. The fourth-order valence-electron chi connectivity index (χ4n) is 4.69. The Kier molecular flexibility index (Phi) is 6.34. The molecule has 1 saturated carbocycles. The summed E-state index contributed by atoms with van der Waals surface area (Å²) in [5.41, 5.74) is 1.06. The van der Waals surface area contributed by atoms with Crippen molar-refractivity contribution in [3.05, 3.63) is 39.3 Å². The number of amides is 1. The highest BCUT2D eigenvalue weighted by Gasteiger charge is 2.29. The molecule has 4 rings (SSSR count). The number of aliphatic hydroxyl groups excluding tert-OH is 1. The Morgan fingerprint density at radius 3 is 2.97 bits per heavy atom. The van der Waals surface area contributed by atoms with Gasteiger partial charge in [0, 0.05) is 17.5 Å². The predicted molar refractivity (Wildman–Crippen MR) is 120 cm³/mol. The number of carbonyl (C=O) groups is 1. The Hall–Kier alpha value is -2.38. The average molecular weight is 446 g/mol. The van der Waals surface area contributed by atoms with Crippen molar-refractivity contribution in [2.24, 2.45) is 0 Å². The monoisotopic (exact) mass is 445 g/mol. The molecule has 1 amide bonds. The molecular weight excluding hydrogens is 418 g/mol. The fraction of sp³-hybridized carbons (Fsp3) is 0.522. The molecule has 0 saturated heterocycles. The van der Waals surface area contributed by atoms with Gasteiger partial charge in [-0.3, -0.25) is 9.59 Å². The number of fused-ring (bicyclic) bond motifs is 3. The maximum atomic E-state index is 13.5. The lowest BCUT2D eigenvalue weighted by Crippen LogP contribution is -2.44. The Balaban J connectivity index is 1.69. The van der Waals surface area contributed by atoms with Gasteiger partial charge in [0.15, 0.2) is 0 Å². The van der Waals surface area contributed by atoms with Crippen LogP contribution in [0.5, 0.6) is 0 Å². The third kappa shape index (κ3) is 4.08.